The molecule has 6 rings (SSSR count). The van der Waals surface area contributed by atoms with Crippen LogP contribution in [0, 0.1) is 0 Å². The molecule has 4 aromatic carbocycles. The lowest BCUT2D eigenvalue weighted by Crippen LogP contribution is -2.38. The summed E-state index contributed by atoms with van der Waals surface area (Å²) in [6, 6.07) is 38.3. The third-order valence-electron chi connectivity index (χ3n) is 7.99. The number of hydrogen-bond donors (Lipinski definition) is 1. The molecule has 0 saturated carbocycles. The molecule has 38 heavy (non-hydrogen) atoms. The Morgan fingerprint density at radius 1 is 0.579 bits per heavy atom. The topological polar surface area (TPSA) is 38.7 Å². The van der Waals surface area contributed by atoms with Crippen LogP contribution in [-0.2, 0) is 33.5 Å². The summed E-state index contributed by atoms with van der Waals surface area (Å²) in [7, 11) is 0. The minimum atomic E-state index is -0.217. The fourth-order valence-electron chi connectivity index (χ4n) is 6.10. The van der Waals surface area contributed by atoms with Crippen molar-refractivity contribution in [2.75, 3.05) is 24.2 Å². The molecule has 2 aliphatic rings. The lowest BCUT2D eigenvalue weighted by Gasteiger charge is -2.39. The van der Waals surface area contributed by atoms with Gasteiger partial charge in [0.15, 0.2) is 0 Å². The van der Waals surface area contributed by atoms with E-state index < -0.39 is 0 Å². The van der Waals surface area contributed by atoms with E-state index in [1.165, 1.54) is 33.4 Å². The van der Waals surface area contributed by atoms with Gasteiger partial charge in [0.05, 0.1) is 26.4 Å². The smallest absolute Gasteiger partial charge is 0.0720 e. The highest BCUT2D eigenvalue weighted by Crippen LogP contribution is 2.42. The van der Waals surface area contributed by atoms with Crippen LogP contribution in [0.4, 0.5) is 0 Å². The quantitative estimate of drug-likeness (QED) is 0.183. The Morgan fingerprint density at radius 2 is 1.00 bits per heavy atom. The highest BCUT2D eigenvalue weighted by atomic mass is 127. The monoisotopic (exact) mass is 618 g/mol. The molecule has 0 aliphatic carbocycles. The molecule has 0 bridgehead atoms. The molecule has 2 aliphatic heterocycles. The molecule has 4 heteroatoms. The average Bonchev–Trinajstić information content (AvgIpc) is 2.99. The van der Waals surface area contributed by atoms with Gasteiger partial charge in [0.25, 0.3) is 0 Å². The summed E-state index contributed by atoms with van der Waals surface area (Å²) >= 11 is 2.47. The van der Waals surface area contributed by atoms with Crippen molar-refractivity contribution in [1.82, 2.24) is 0 Å². The first-order valence-corrected chi connectivity index (χ1v) is 14.9. The minimum absolute atomic E-state index is 0.0251. The largest absolute Gasteiger partial charge is 0.396 e. The van der Waals surface area contributed by atoms with E-state index in [1.807, 2.05) is 24.3 Å². The van der Waals surface area contributed by atoms with Crippen molar-refractivity contribution < 1.29 is 14.6 Å². The molecule has 0 saturated heterocycles. The maximum Gasteiger partial charge on any atom is 0.0720 e. The SMILES string of the molecule is ICCC1(c2ccccc2)COCc2ccccc21.OCCC1(c2ccccc2)COCc2ccccc21. The average molecular weight is 619 g/mol. The Kier molecular flexibility index (Phi) is 8.95. The van der Waals surface area contributed by atoms with Crippen molar-refractivity contribution in [2.24, 2.45) is 0 Å². The number of aliphatic hydroxyl groups excluding tert-OH is 1. The molecule has 0 fully saturated rings. The number of rotatable bonds is 6. The van der Waals surface area contributed by atoms with Crippen LogP contribution >= 0.6 is 22.6 Å². The zero-order valence-electron chi connectivity index (χ0n) is 21.7. The number of benzene rings is 4. The third kappa shape index (κ3) is 5.32. The highest BCUT2D eigenvalue weighted by Gasteiger charge is 2.39. The van der Waals surface area contributed by atoms with Crippen molar-refractivity contribution in [2.45, 2.75) is 36.9 Å². The van der Waals surface area contributed by atoms with Crippen LogP contribution in [0.5, 0.6) is 0 Å². The van der Waals surface area contributed by atoms with Crippen LogP contribution in [0.25, 0.3) is 0 Å². The number of halogens is 1. The second-order valence-corrected chi connectivity index (χ2v) is 11.2. The summed E-state index contributed by atoms with van der Waals surface area (Å²) in [4.78, 5) is 0. The normalized spacial score (nSPS) is 21.9. The van der Waals surface area contributed by atoms with Crippen molar-refractivity contribution in [1.29, 1.82) is 0 Å². The van der Waals surface area contributed by atoms with Crippen molar-refractivity contribution in [3.8, 4) is 0 Å². The lowest BCUT2D eigenvalue weighted by atomic mass is 9.70. The summed E-state index contributed by atoms with van der Waals surface area (Å²) in [5.74, 6) is 0. The molecule has 0 radical (unpaired) electrons. The van der Waals surface area contributed by atoms with Gasteiger partial charge in [0.1, 0.15) is 0 Å². The van der Waals surface area contributed by atoms with Crippen LogP contribution < -0.4 is 0 Å². The van der Waals surface area contributed by atoms with Gasteiger partial charge in [-0.25, -0.2) is 0 Å². The van der Waals surface area contributed by atoms with Crippen molar-refractivity contribution in [3.05, 3.63) is 143 Å². The van der Waals surface area contributed by atoms with E-state index in [0.717, 1.165) is 24.1 Å². The van der Waals surface area contributed by atoms with Gasteiger partial charge in [0.2, 0.25) is 0 Å². The van der Waals surface area contributed by atoms with E-state index in [4.69, 9.17) is 9.47 Å². The molecule has 2 atom stereocenters. The number of alkyl halides is 1. The summed E-state index contributed by atoms with van der Waals surface area (Å²) < 4.78 is 12.9. The van der Waals surface area contributed by atoms with Gasteiger partial charge < -0.3 is 14.6 Å². The first-order valence-electron chi connectivity index (χ1n) is 13.3. The first-order chi connectivity index (χ1) is 18.7. The van der Waals surface area contributed by atoms with E-state index >= 15 is 0 Å². The molecule has 2 unspecified atom stereocenters. The molecule has 0 amide bonds. The molecule has 0 spiro atoms. The summed E-state index contributed by atoms with van der Waals surface area (Å²) in [5.41, 5.74) is 7.71. The van der Waals surface area contributed by atoms with Gasteiger partial charge in [-0.1, -0.05) is 132 Å². The Hall–Kier alpha value is -2.51. The molecule has 3 nitrogen and oxygen atoms in total. The Morgan fingerprint density at radius 3 is 1.45 bits per heavy atom. The van der Waals surface area contributed by atoms with E-state index in [0.29, 0.717) is 19.6 Å². The third-order valence-corrected chi connectivity index (χ3v) is 8.53. The number of ether oxygens (including phenoxy) is 2. The van der Waals surface area contributed by atoms with Crippen LogP contribution in [0.1, 0.15) is 46.2 Å². The summed E-state index contributed by atoms with van der Waals surface area (Å²) in [6.07, 6.45) is 1.81. The lowest BCUT2D eigenvalue weighted by molar-refractivity contribution is 0.0550. The van der Waals surface area contributed by atoms with Gasteiger partial charge >= 0.3 is 0 Å². The Bertz CT molecular complexity index is 1210. The number of fused-ring (bicyclic) bond motifs is 2. The molecule has 1 N–H and O–H groups in total. The number of aliphatic hydroxyl groups is 1. The van der Waals surface area contributed by atoms with Crippen LogP contribution in [0.3, 0.4) is 0 Å². The maximum absolute atomic E-state index is 9.52. The van der Waals surface area contributed by atoms with E-state index in [1.54, 1.807) is 0 Å². The maximum atomic E-state index is 9.52. The predicted octanol–water partition coefficient (Wildman–Crippen LogP) is 7.21. The molecule has 2 heterocycles. The van der Waals surface area contributed by atoms with Gasteiger partial charge in [-0.15, -0.1) is 0 Å². The minimum Gasteiger partial charge on any atom is -0.396 e. The Labute approximate surface area is 240 Å². The summed E-state index contributed by atoms with van der Waals surface area (Å²) in [6.45, 7) is 2.99. The standard InChI is InChI=1S/C17H17IO.C17H18O2/c2*18-11-10-17(15-7-2-1-3-8-15)13-19-12-14-6-4-5-9-16(14)17/h1-9H,10-13H2;1-9,18H,10-13H2. The van der Waals surface area contributed by atoms with Gasteiger partial charge in [-0.3, -0.25) is 0 Å². The van der Waals surface area contributed by atoms with Crippen LogP contribution in [0.15, 0.2) is 109 Å². The van der Waals surface area contributed by atoms with E-state index in [-0.39, 0.29) is 17.4 Å². The van der Waals surface area contributed by atoms with Gasteiger partial charge in [0, 0.05) is 21.9 Å². The summed E-state index contributed by atoms with van der Waals surface area (Å²) in [5, 5.41) is 9.52. The van der Waals surface area contributed by atoms with E-state index in [9.17, 15) is 5.11 Å². The molecule has 0 aromatic heterocycles. The fourth-order valence-corrected chi connectivity index (χ4v) is 7.02. The van der Waals surface area contributed by atoms with Crippen molar-refractivity contribution >= 4 is 22.6 Å². The van der Waals surface area contributed by atoms with Crippen LogP contribution in [-0.4, -0.2) is 29.4 Å². The zero-order valence-corrected chi connectivity index (χ0v) is 23.8. The molecular weight excluding hydrogens is 583 g/mol. The second kappa shape index (κ2) is 12.6. The first kappa shape index (κ1) is 27.1. The van der Waals surface area contributed by atoms with Gasteiger partial charge in [-0.05, 0) is 46.2 Å². The van der Waals surface area contributed by atoms with Crippen LogP contribution in [0.2, 0.25) is 0 Å². The highest BCUT2D eigenvalue weighted by molar-refractivity contribution is 14.1. The van der Waals surface area contributed by atoms with Gasteiger partial charge in [-0.2, -0.15) is 0 Å². The zero-order chi connectivity index (χ0) is 26.3. The molecule has 196 valence electrons. The molecule has 4 aromatic rings. The predicted molar refractivity (Wildman–Crippen MR) is 162 cm³/mol. The number of hydrogen-bond acceptors (Lipinski definition) is 3. The second-order valence-electron chi connectivity index (χ2n) is 10.1. The fraction of sp³-hybridized carbons (Fsp3) is 0.294. The van der Waals surface area contributed by atoms with Crippen molar-refractivity contribution in [3.63, 3.8) is 0 Å². The Balaban J connectivity index is 0.000000155. The molecular formula is C34H35IO3. The van der Waals surface area contributed by atoms with E-state index in [2.05, 4.69) is 108 Å².